The summed E-state index contributed by atoms with van der Waals surface area (Å²) in [6.07, 6.45) is 1.84. The van der Waals surface area contributed by atoms with Crippen LogP contribution < -0.4 is 5.73 Å². The monoisotopic (exact) mass is 252 g/mol. The maximum absolute atomic E-state index is 6.17. The van der Waals surface area contributed by atoms with E-state index in [1.54, 1.807) is 0 Å². The van der Waals surface area contributed by atoms with Crippen molar-refractivity contribution < 1.29 is 0 Å². The molecule has 0 fully saturated rings. The van der Waals surface area contributed by atoms with Crippen LogP contribution in [0.15, 0.2) is 24.4 Å². The fourth-order valence-electron chi connectivity index (χ4n) is 1.68. The quantitative estimate of drug-likeness (QED) is 0.889. The first-order valence-electron chi connectivity index (χ1n) is 5.02. The minimum atomic E-state index is -0.182. The summed E-state index contributed by atoms with van der Waals surface area (Å²) < 4.78 is 0.759. The highest BCUT2D eigenvalue weighted by Gasteiger charge is 2.14. The number of nitrogens with zero attached hydrogens (tertiary/aromatic N) is 1. The second kappa shape index (κ2) is 4.53. The summed E-state index contributed by atoms with van der Waals surface area (Å²) in [5.41, 5.74) is 9.36. The van der Waals surface area contributed by atoms with Crippen LogP contribution in [0, 0.1) is 13.8 Å². The molecule has 0 spiro atoms. The van der Waals surface area contributed by atoms with Crippen molar-refractivity contribution in [3.63, 3.8) is 0 Å². The molecule has 0 radical (unpaired) electrons. The zero-order valence-electron chi connectivity index (χ0n) is 9.20. The fraction of sp³-hybridized carbons (Fsp3) is 0.250. The molecule has 1 unspecified atom stereocenters. The van der Waals surface area contributed by atoms with Crippen molar-refractivity contribution in [1.29, 1.82) is 0 Å². The lowest BCUT2D eigenvalue weighted by Crippen LogP contribution is -2.13. The lowest BCUT2D eigenvalue weighted by Gasteiger charge is -2.12. The first-order valence-corrected chi connectivity index (χ1v) is 6.21. The number of thiophene rings is 1. The van der Waals surface area contributed by atoms with Crippen LogP contribution in [0.5, 0.6) is 0 Å². The fourth-order valence-corrected chi connectivity index (χ4v) is 2.75. The number of pyridine rings is 1. The van der Waals surface area contributed by atoms with Crippen LogP contribution in [0.1, 0.15) is 27.7 Å². The largest absolute Gasteiger partial charge is 0.318 e. The summed E-state index contributed by atoms with van der Waals surface area (Å²) in [4.78, 5) is 5.45. The van der Waals surface area contributed by atoms with E-state index in [4.69, 9.17) is 17.3 Å². The normalized spacial score (nSPS) is 12.8. The molecule has 0 aliphatic carbocycles. The van der Waals surface area contributed by atoms with E-state index in [-0.39, 0.29) is 6.04 Å². The summed E-state index contributed by atoms with van der Waals surface area (Å²) in [5.74, 6) is 0. The Morgan fingerprint density at radius 1 is 1.38 bits per heavy atom. The Labute approximate surface area is 104 Å². The molecule has 2 N–H and O–H groups in total. The number of rotatable bonds is 2. The van der Waals surface area contributed by atoms with Crippen molar-refractivity contribution in [3.05, 3.63) is 50.4 Å². The third-order valence-electron chi connectivity index (χ3n) is 2.45. The molecule has 0 saturated carbocycles. The van der Waals surface area contributed by atoms with Crippen LogP contribution in [0.3, 0.4) is 0 Å². The maximum atomic E-state index is 6.17. The van der Waals surface area contributed by atoms with E-state index in [0.717, 1.165) is 26.0 Å². The van der Waals surface area contributed by atoms with Crippen molar-refractivity contribution in [2.75, 3.05) is 0 Å². The highest BCUT2D eigenvalue weighted by molar-refractivity contribution is 7.16. The summed E-state index contributed by atoms with van der Waals surface area (Å²) in [7, 11) is 0. The van der Waals surface area contributed by atoms with Crippen molar-refractivity contribution in [1.82, 2.24) is 4.98 Å². The third-order valence-corrected chi connectivity index (χ3v) is 3.76. The van der Waals surface area contributed by atoms with Crippen molar-refractivity contribution in [3.8, 4) is 0 Å². The Hall–Kier alpha value is -0.900. The molecule has 2 aromatic rings. The number of nitrogens with two attached hydrogens (primary N) is 1. The Morgan fingerprint density at radius 3 is 2.69 bits per heavy atom. The molecule has 4 heteroatoms. The summed E-state index contributed by atoms with van der Waals surface area (Å²) >= 11 is 7.40. The van der Waals surface area contributed by atoms with Crippen LogP contribution in [-0.4, -0.2) is 4.98 Å². The molecule has 0 bridgehead atoms. The van der Waals surface area contributed by atoms with Crippen LogP contribution in [-0.2, 0) is 0 Å². The van der Waals surface area contributed by atoms with Crippen LogP contribution >= 0.6 is 22.9 Å². The van der Waals surface area contributed by atoms with E-state index in [0.29, 0.717) is 0 Å². The molecular weight excluding hydrogens is 240 g/mol. The van der Waals surface area contributed by atoms with E-state index in [1.165, 1.54) is 11.3 Å². The second-order valence-electron chi connectivity index (χ2n) is 3.83. The maximum Gasteiger partial charge on any atom is 0.0931 e. The van der Waals surface area contributed by atoms with Gasteiger partial charge in [-0.15, -0.1) is 11.3 Å². The molecule has 2 aromatic heterocycles. The number of hydrogen-bond acceptors (Lipinski definition) is 3. The van der Waals surface area contributed by atoms with E-state index in [1.807, 2.05) is 32.2 Å². The Kier molecular flexibility index (Phi) is 3.28. The van der Waals surface area contributed by atoms with Gasteiger partial charge in [0.25, 0.3) is 0 Å². The van der Waals surface area contributed by atoms with Gasteiger partial charge in [-0.05, 0) is 37.1 Å². The molecule has 0 aromatic carbocycles. The highest BCUT2D eigenvalue weighted by atomic mass is 35.5. The van der Waals surface area contributed by atoms with Gasteiger partial charge in [-0.1, -0.05) is 17.7 Å². The van der Waals surface area contributed by atoms with Crippen LogP contribution in [0.4, 0.5) is 0 Å². The molecule has 0 saturated heterocycles. The van der Waals surface area contributed by atoms with E-state index >= 15 is 0 Å². The van der Waals surface area contributed by atoms with E-state index in [9.17, 15) is 0 Å². The SMILES string of the molecule is Cc1cnc(C(N)c2ccc(Cl)s2)c(C)c1. The van der Waals surface area contributed by atoms with E-state index in [2.05, 4.69) is 11.1 Å². The lowest BCUT2D eigenvalue weighted by atomic mass is 10.1. The average molecular weight is 253 g/mol. The minimum Gasteiger partial charge on any atom is -0.318 e. The number of aromatic nitrogens is 1. The smallest absolute Gasteiger partial charge is 0.0931 e. The van der Waals surface area contributed by atoms with E-state index < -0.39 is 0 Å². The Morgan fingerprint density at radius 2 is 2.12 bits per heavy atom. The minimum absolute atomic E-state index is 0.182. The van der Waals surface area contributed by atoms with Crippen LogP contribution in [0.25, 0.3) is 0 Å². The molecule has 2 nitrogen and oxygen atoms in total. The predicted octanol–water partition coefficient (Wildman–Crippen LogP) is 3.46. The van der Waals surface area contributed by atoms with Gasteiger partial charge in [-0.3, -0.25) is 4.98 Å². The zero-order chi connectivity index (χ0) is 11.7. The molecule has 0 aliphatic heterocycles. The van der Waals surface area contributed by atoms with Gasteiger partial charge in [0.15, 0.2) is 0 Å². The Balaban J connectivity index is 2.37. The predicted molar refractivity (Wildman–Crippen MR) is 69.1 cm³/mol. The molecule has 0 aliphatic rings. The second-order valence-corrected chi connectivity index (χ2v) is 5.58. The third kappa shape index (κ3) is 2.26. The highest BCUT2D eigenvalue weighted by Crippen LogP contribution is 2.29. The van der Waals surface area contributed by atoms with Gasteiger partial charge < -0.3 is 5.73 Å². The van der Waals surface area contributed by atoms with Crippen LogP contribution in [0.2, 0.25) is 4.34 Å². The molecule has 0 amide bonds. The Bertz CT molecular complexity index is 507. The van der Waals surface area contributed by atoms with Crippen molar-refractivity contribution in [2.45, 2.75) is 19.9 Å². The first kappa shape index (κ1) is 11.6. The summed E-state index contributed by atoms with van der Waals surface area (Å²) in [6, 6.07) is 5.74. The molecule has 16 heavy (non-hydrogen) atoms. The molecule has 2 heterocycles. The number of hydrogen-bond donors (Lipinski definition) is 1. The van der Waals surface area contributed by atoms with Gasteiger partial charge in [0.05, 0.1) is 16.1 Å². The molecule has 2 rings (SSSR count). The number of aryl methyl sites for hydroxylation is 2. The summed E-state index contributed by atoms with van der Waals surface area (Å²) in [5, 5.41) is 0. The topological polar surface area (TPSA) is 38.9 Å². The average Bonchev–Trinajstić information content (AvgIpc) is 2.64. The van der Waals surface area contributed by atoms with Gasteiger partial charge in [0, 0.05) is 11.1 Å². The van der Waals surface area contributed by atoms with Crippen molar-refractivity contribution in [2.24, 2.45) is 5.73 Å². The van der Waals surface area contributed by atoms with Gasteiger partial charge in [0.1, 0.15) is 0 Å². The van der Waals surface area contributed by atoms with Crippen molar-refractivity contribution >= 4 is 22.9 Å². The van der Waals surface area contributed by atoms with Gasteiger partial charge in [-0.25, -0.2) is 0 Å². The first-order chi connectivity index (χ1) is 7.58. The molecular formula is C12H13ClN2S. The van der Waals surface area contributed by atoms with Gasteiger partial charge in [-0.2, -0.15) is 0 Å². The van der Waals surface area contributed by atoms with Gasteiger partial charge in [0.2, 0.25) is 0 Å². The summed E-state index contributed by atoms with van der Waals surface area (Å²) in [6.45, 7) is 4.06. The van der Waals surface area contributed by atoms with Gasteiger partial charge >= 0.3 is 0 Å². The molecule has 1 atom stereocenters. The lowest BCUT2D eigenvalue weighted by molar-refractivity contribution is 0.832. The standard InChI is InChI=1S/C12H13ClN2S/c1-7-5-8(2)12(15-6-7)11(14)9-3-4-10(13)16-9/h3-6,11H,14H2,1-2H3. The molecule has 84 valence electrons. The number of halogens is 1. The zero-order valence-corrected chi connectivity index (χ0v) is 10.8.